The van der Waals surface area contributed by atoms with E-state index >= 15 is 0 Å². The van der Waals surface area contributed by atoms with Crippen molar-refractivity contribution in [1.82, 2.24) is 0 Å². The zero-order chi connectivity index (χ0) is 10.2. The molecule has 0 heterocycles. The summed E-state index contributed by atoms with van der Waals surface area (Å²) >= 11 is 5.44. The molecule has 0 aliphatic carbocycles. The second-order valence-electron chi connectivity index (χ2n) is 2.62. The van der Waals surface area contributed by atoms with Crippen molar-refractivity contribution in [2.75, 3.05) is 5.88 Å². The number of carbonyl (C=O) groups excluding carboxylic acids is 1. The quantitative estimate of drug-likeness (QED) is 0.434. The molecule has 0 fully saturated rings. The molecule has 74 valence electrons. The second-order valence-corrected chi connectivity index (χ2v) is 3.00. The summed E-state index contributed by atoms with van der Waals surface area (Å²) in [5.41, 5.74) is 0.544. The Hall–Kier alpha value is -1.28. The predicted octanol–water partition coefficient (Wildman–Crippen LogP) is 2.99. The van der Waals surface area contributed by atoms with E-state index in [-0.39, 0.29) is 5.97 Å². The zero-order valence-electron chi connectivity index (χ0n) is 7.65. The van der Waals surface area contributed by atoms with Crippen molar-refractivity contribution in [1.29, 1.82) is 0 Å². The molecule has 0 saturated heterocycles. The average molecular weight is 211 g/mol. The van der Waals surface area contributed by atoms with Gasteiger partial charge in [0, 0.05) is 5.88 Å². The van der Waals surface area contributed by atoms with E-state index in [1.807, 2.05) is 6.07 Å². The Bertz CT molecular complexity index is 306. The van der Waals surface area contributed by atoms with Gasteiger partial charge in [-0.05, 0) is 24.6 Å². The molecule has 1 aromatic rings. The van der Waals surface area contributed by atoms with Crippen LogP contribution in [0.15, 0.2) is 42.7 Å². The number of carbonyl (C=O) groups is 1. The monoisotopic (exact) mass is 210 g/mol. The molecule has 14 heavy (non-hydrogen) atoms. The zero-order valence-corrected chi connectivity index (χ0v) is 8.41. The van der Waals surface area contributed by atoms with Crippen molar-refractivity contribution in [3.63, 3.8) is 0 Å². The number of halogens is 1. The number of hydrogen-bond donors (Lipinski definition) is 0. The number of benzene rings is 1. The van der Waals surface area contributed by atoms with Gasteiger partial charge in [0.25, 0.3) is 0 Å². The number of hydrogen-bond acceptors (Lipinski definition) is 2. The summed E-state index contributed by atoms with van der Waals surface area (Å²) in [5, 5.41) is 0. The topological polar surface area (TPSA) is 26.3 Å². The van der Waals surface area contributed by atoms with E-state index in [9.17, 15) is 4.79 Å². The minimum atomic E-state index is -0.351. The summed E-state index contributed by atoms with van der Waals surface area (Å²) in [6.45, 7) is 0. The predicted molar refractivity (Wildman–Crippen MR) is 56.3 cm³/mol. The van der Waals surface area contributed by atoms with E-state index in [0.717, 1.165) is 0 Å². The third-order valence-corrected chi connectivity index (χ3v) is 1.77. The second kappa shape index (κ2) is 6.22. The third kappa shape index (κ3) is 3.62. The minimum absolute atomic E-state index is 0.351. The Kier molecular flexibility index (Phi) is 4.79. The van der Waals surface area contributed by atoms with Gasteiger partial charge < -0.3 is 4.74 Å². The van der Waals surface area contributed by atoms with Gasteiger partial charge in [-0.3, -0.25) is 0 Å². The highest BCUT2D eigenvalue weighted by Gasteiger charge is 2.02. The summed E-state index contributed by atoms with van der Waals surface area (Å²) < 4.78 is 4.85. The molecule has 2 nitrogen and oxygen atoms in total. The van der Waals surface area contributed by atoms with Gasteiger partial charge in [-0.1, -0.05) is 18.2 Å². The third-order valence-electron chi connectivity index (χ3n) is 1.56. The van der Waals surface area contributed by atoms with Crippen LogP contribution in [0.1, 0.15) is 16.8 Å². The molecule has 0 radical (unpaired) electrons. The van der Waals surface area contributed by atoms with Crippen LogP contribution in [0.3, 0.4) is 0 Å². The molecule has 3 heteroatoms. The van der Waals surface area contributed by atoms with E-state index in [4.69, 9.17) is 16.3 Å². The summed E-state index contributed by atoms with van der Waals surface area (Å²) in [5.74, 6) is 0.177. The largest absolute Gasteiger partial charge is 0.431 e. The Morgan fingerprint density at radius 2 is 2.07 bits per heavy atom. The summed E-state index contributed by atoms with van der Waals surface area (Å²) in [7, 11) is 0. The molecule has 0 N–H and O–H groups in total. The maximum atomic E-state index is 11.3. The van der Waals surface area contributed by atoms with Crippen molar-refractivity contribution in [3.05, 3.63) is 48.2 Å². The molecule has 0 spiro atoms. The van der Waals surface area contributed by atoms with Crippen LogP contribution in [0.2, 0.25) is 0 Å². The highest BCUT2D eigenvalue weighted by molar-refractivity contribution is 6.17. The number of alkyl halides is 1. The van der Waals surface area contributed by atoms with Gasteiger partial charge in [0.05, 0.1) is 11.8 Å². The lowest BCUT2D eigenvalue weighted by Gasteiger charge is -1.97. The van der Waals surface area contributed by atoms with Crippen molar-refractivity contribution in [2.45, 2.75) is 6.42 Å². The maximum absolute atomic E-state index is 11.3. The summed E-state index contributed by atoms with van der Waals surface area (Å²) in [4.78, 5) is 11.3. The van der Waals surface area contributed by atoms with E-state index in [1.165, 1.54) is 6.26 Å². The molecule has 0 aromatic heterocycles. The van der Waals surface area contributed by atoms with Crippen LogP contribution in [-0.2, 0) is 4.74 Å². The number of rotatable bonds is 4. The van der Waals surface area contributed by atoms with Gasteiger partial charge in [0.1, 0.15) is 0 Å². The molecule has 0 aliphatic heterocycles. The standard InChI is InChI=1S/C11H11ClO2/c12-8-4-5-9-14-11(13)10-6-2-1-3-7-10/h1-3,5-7,9H,4,8H2. The summed E-state index contributed by atoms with van der Waals surface area (Å²) in [6.07, 6.45) is 3.79. The van der Waals surface area contributed by atoms with Crippen molar-refractivity contribution in [2.24, 2.45) is 0 Å². The Morgan fingerprint density at radius 3 is 2.71 bits per heavy atom. The molecule has 1 aromatic carbocycles. The molecule has 0 atom stereocenters. The van der Waals surface area contributed by atoms with Crippen LogP contribution in [-0.4, -0.2) is 11.8 Å². The van der Waals surface area contributed by atoms with Crippen LogP contribution in [0, 0.1) is 0 Å². The summed E-state index contributed by atoms with van der Waals surface area (Å²) in [6, 6.07) is 8.84. The SMILES string of the molecule is O=C(OC=CCCCl)c1ccccc1. The van der Waals surface area contributed by atoms with Gasteiger partial charge in [0.15, 0.2) is 0 Å². The number of esters is 1. The molecule has 0 saturated carbocycles. The fourth-order valence-electron chi connectivity index (χ4n) is 0.883. The molecular weight excluding hydrogens is 200 g/mol. The van der Waals surface area contributed by atoms with Crippen molar-refractivity contribution >= 4 is 17.6 Å². The van der Waals surface area contributed by atoms with Crippen LogP contribution in [0.5, 0.6) is 0 Å². The number of ether oxygens (including phenoxy) is 1. The first-order valence-electron chi connectivity index (χ1n) is 4.31. The Labute approximate surface area is 88.1 Å². The van der Waals surface area contributed by atoms with E-state index in [2.05, 4.69) is 0 Å². The van der Waals surface area contributed by atoms with E-state index in [1.54, 1.807) is 30.3 Å². The van der Waals surface area contributed by atoms with Crippen LogP contribution in [0.4, 0.5) is 0 Å². The smallest absolute Gasteiger partial charge is 0.342 e. The van der Waals surface area contributed by atoms with Crippen LogP contribution < -0.4 is 0 Å². The molecule has 1 rings (SSSR count). The molecule has 0 amide bonds. The highest BCUT2D eigenvalue weighted by atomic mass is 35.5. The fraction of sp³-hybridized carbons (Fsp3) is 0.182. The van der Waals surface area contributed by atoms with Crippen molar-refractivity contribution in [3.8, 4) is 0 Å². The van der Waals surface area contributed by atoms with Gasteiger partial charge >= 0.3 is 5.97 Å². The molecule has 0 aliphatic rings. The molecular formula is C11H11ClO2. The Morgan fingerprint density at radius 1 is 1.36 bits per heavy atom. The highest BCUT2D eigenvalue weighted by Crippen LogP contribution is 2.01. The first-order valence-corrected chi connectivity index (χ1v) is 4.85. The van der Waals surface area contributed by atoms with Gasteiger partial charge in [0.2, 0.25) is 0 Å². The first kappa shape index (κ1) is 10.8. The normalized spacial score (nSPS) is 10.4. The van der Waals surface area contributed by atoms with Gasteiger partial charge in [-0.25, -0.2) is 4.79 Å². The average Bonchev–Trinajstić information content (AvgIpc) is 2.25. The first-order chi connectivity index (χ1) is 6.84. The van der Waals surface area contributed by atoms with E-state index in [0.29, 0.717) is 17.9 Å². The van der Waals surface area contributed by atoms with Crippen molar-refractivity contribution < 1.29 is 9.53 Å². The lowest BCUT2D eigenvalue weighted by molar-refractivity contribution is 0.0662. The molecule has 0 unspecified atom stereocenters. The van der Waals surface area contributed by atoms with Crippen LogP contribution in [0.25, 0.3) is 0 Å². The lowest BCUT2D eigenvalue weighted by atomic mass is 10.2. The lowest BCUT2D eigenvalue weighted by Crippen LogP contribution is -1.99. The molecule has 0 bridgehead atoms. The van der Waals surface area contributed by atoms with E-state index < -0.39 is 0 Å². The minimum Gasteiger partial charge on any atom is -0.431 e. The number of allylic oxidation sites excluding steroid dienone is 1. The fourth-order valence-corrected chi connectivity index (χ4v) is 1.01. The van der Waals surface area contributed by atoms with Gasteiger partial charge in [-0.15, -0.1) is 11.6 Å². The van der Waals surface area contributed by atoms with Gasteiger partial charge in [-0.2, -0.15) is 0 Å². The Balaban J connectivity index is 2.44. The maximum Gasteiger partial charge on any atom is 0.342 e. The van der Waals surface area contributed by atoms with Crippen LogP contribution >= 0.6 is 11.6 Å².